The van der Waals surface area contributed by atoms with Crippen molar-refractivity contribution in [2.24, 2.45) is 5.73 Å². The Hall–Kier alpha value is 0.0600. The fourth-order valence-electron chi connectivity index (χ4n) is 2.62. The third kappa shape index (κ3) is 4.26. The highest BCUT2D eigenvalue weighted by atomic mass is 79.9. The maximum atomic E-state index is 6.00. The molecule has 0 saturated carbocycles. The summed E-state index contributed by atoms with van der Waals surface area (Å²) in [5, 5.41) is 2.13. The highest BCUT2D eigenvalue weighted by Crippen LogP contribution is 2.31. The number of hydrogen-bond donors (Lipinski definition) is 1. The molecule has 2 unspecified atom stereocenters. The van der Waals surface area contributed by atoms with Crippen LogP contribution in [-0.4, -0.2) is 37.2 Å². The highest BCUT2D eigenvalue weighted by molar-refractivity contribution is 9.10. The Morgan fingerprint density at radius 2 is 2.47 bits per heavy atom. The van der Waals surface area contributed by atoms with Gasteiger partial charge in [0.15, 0.2) is 0 Å². The van der Waals surface area contributed by atoms with E-state index in [4.69, 9.17) is 10.5 Å². The van der Waals surface area contributed by atoms with Crippen LogP contribution in [0, 0.1) is 0 Å². The molecule has 1 saturated heterocycles. The molecule has 2 heterocycles. The number of nitrogens with zero attached hydrogens (tertiary/aromatic N) is 1. The van der Waals surface area contributed by atoms with Crippen LogP contribution in [0.3, 0.4) is 0 Å². The zero-order chi connectivity index (χ0) is 13.7. The first-order chi connectivity index (χ1) is 9.24. The molecule has 0 aliphatic carbocycles. The van der Waals surface area contributed by atoms with Gasteiger partial charge in [0, 0.05) is 34.4 Å². The van der Waals surface area contributed by atoms with Gasteiger partial charge in [0.25, 0.3) is 0 Å². The van der Waals surface area contributed by atoms with E-state index in [9.17, 15) is 0 Å². The van der Waals surface area contributed by atoms with Gasteiger partial charge >= 0.3 is 0 Å². The Labute approximate surface area is 128 Å². The number of ether oxygens (including phenoxy) is 1. The van der Waals surface area contributed by atoms with Crippen molar-refractivity contribution in [3.05, 3.63) is 20.8 Å². The maximum absolute atomic E-state index is 6.00. The maximum Gasteiger partial charge on any atom is 0.0702 e. The first-order valence-corrected chi connectivity index (χ1v) is 8.71. The van der Waals surface area contributed by atoms with E-state index < -0.39 is 0 Å². The summed E-state index contributed by atoms with van der Waals surface area (Å²) in [5.74, 6) is 0. The van der Waals surface area contributed by atoms with Gasteiger partial charge in [0.1, 0.15) is 0 Å². The van der Waals surface area contributed by atoms with Crippen LogP contribution in [0.1, 0.15) is 37.1 Å². The van der Waals surface area contributed by atoms with Gasteiger partial charge < -0.3 is 10.5 Å². The van der Waals surface area contributed by atoms with E-state index in [2.05, 4.69) is 39.2 Å². The summed E-state index contributed by atoms with van der Waals surface area (Å²) in [5.41, 5.74) is 6.00. The van der Waals surface area contributed by atoms with E-state index in [1.807, 2.05) is 0 Å². The topological polar surface area (TPSA) is 38.5 Å². The van der Waals surface area contributed by atoms with Gasteiger partial charge in [-0.1, -0.05) is 6.92 Å². The number of halogens is 1. The molecule has 0 bridgehead atoms. The Balaban J connectivity index is 1.98. The molecule has 0 radical (unpaired) electrons. The van der Waals surface area contributed by atoms with Crippen LogP contribution in [0.5, 0.6) is 0 Å². The summed E-state index contributed by atoms with van der Waals surface area (Å²) >= 11 is 5.31. The van der Waals surface area contributed by atoms with Crippen LogP contribution in [0.25, 0.3) is 0 Å². The van der Waals surface area contributed by atoms with Gasteiger partial charge in [-0.25, -0.2) is 0 Å². The van der Waals surface area contributed by atoms with Crippen LogP contribution in [0.2, 0.25) is 0 Å². The fraction of sp³-hybridized carbons (Fsp3) is 0.714. The molecule has 5 heteroatoms. The summed E-state index contributed by atoms with van der Waals surface area (Å²) in [6, 6.07) is 2.53. The third-order valence-corrected chi connectivity index (χ3v) is 5.34. The van der Waals surface area contributed by atoms with E-state index in [-0.39, 0.29) is 0 Å². The molecule has 2 atom stereocenters. The average Bonchev–Trinajstić information content (AvgIpc) is 2.84. The van der Waals surface area contributed by atoms with Crippen molar-refractivity contribution in [1.29, 1.82) is 0 Å². The molecule has 1 aliphatic heterocycles. The molecule has 1 aliphatic rings. The predicted molar refractivity (Wildman–Crippen MR) is 84.7 cm³/mol. The smallest absolute Gasteiger partial charge is 0.0702 e. The van der Waals surface area contributed by atoms with Crippen LogP contribution in [-0.2, 0) is 4.74 Å². The molecule has 0 amide bonds. The molecule has 0 spiro atoms. The van der Waals surface area contributed by atoms with Gasteiger partial charge in [0.2, 0.25) is 0 Å². The average molecular weight is 347 g/mol. The van der Waals surface area contributed by atoms with Crippen LogP contribution in [0.15, 0.2) is 15.9 Å². The quantitative estimate of drug-likeness (QED) is 0.857. The largest absolute Gasteiger partial charge is 0.377 e. The van der Waals surface area contributed by atoms with Gasteiger partial charge in [-0.15, -0.1) is 11.3 Å². The molecule has 1 aromatic heterocycles. The summed E-state index contributed by atoms with van der Waals surface area (Å²) in [6.45, 7) is 5.84. The lowest BCUT2D eigenvalue weighted by molar-refractivity contribution is -0.0114. The Kier molecular flexibility index (Phi) is 6.29. The molecule has 1 fully saturated rings. The second-order valence-corrected chi connectivity index (χ2v) is 6.91. The normalized spacial score (nSPS) is 22.6. The highest BCUT2D eigenvalue weighted by Gasteiger charge is 2.27. The van der Waals surface area contributed by atoms with Crippen LogP contribution in [0.4, 0.5) is 0 Å². The standard InChI is InChI=1S/C14H23BrN2OS/c1-2-6-18-12-4-3-5-17(9-12)13(8-16)14-7-11(15)10-19-14/h7,10,12-13H,2-6,8-9,16H2,1H3. The molecule has 19 heavy (non-hydrogen) atoms. The zero-order valence-corrected chi connectivity index (χ0v) is 13.9. The number of piperidine rings is 1. The number of hydrogen-bond acceptors (Lipinski definition) is 4. The summed E-state index contributed by atoms with van der Waals surface area (Å²) < 4.78 is 7.06. The van der Waals surface area contributed by atoms with E-state index in [0.717, 1.165) is 30.6 Å². The minimum Gasteiger partial charge on any atom is -0.377 e. The lowest BCUT2D eigenvalue weighted by Crippen LogP contribution is -2.43. The van der Waals surface area contributed by atoms with E-state index in [1.54, 1.807) is 11.3 Å². The second-order valence-electron chi connectivity index (χ2n) is 5.05. The molecule has 0 aromatic carbocycles. The number of thiophene rings is 1. The predicted octanol–water partition coefficient (Wildman–Crippen LogP) is 3.40. The molecule has 108 valence electrons. The van der Waals surface area contributed by atoms with E-state index >= 15 is 0 Å². The van der Waals surface area contributed by atoms with Crippen molar-refractivity contribution in [2.75, 3.05) is 26.2 Å². The summed E-state index contributed by atoms with van der Waals surface area (Å²) in [7, 11) is 0. The van der Waals surface area contributed by atoms with Crippen molar-refractivity contribution in [3.63, 3.8) is 0 Å². The summed E-state index contributed by atoms with van der Waals surface area (Å²) in [6.07, 6.45) is 3.86. The first-order valence-electron chi connectivity index (χ1n) is 7.04. The molecule has 2 N–H and O–H groups in total. The van der Waals surface area contributed by atoms with Gasteiger partial charge in [0.05, 0.1) is 12.1 Å². The Morgan fingerprint density at radius 3 is 3.11 bits per heavy atom. The van der Waals surface area contributed by atoms with Crippen molar-refractivity contribution in [1.82, 2.24) is 4.90 Å². The monoisotopic (exact) mass is 346 g/mol. The van der Waals surface area contributed by atoms with Gasteiger partial charge in [-0.2, -0.15) is 0 Å². The SMILES string of the molecule is CCCOC1CCCN(C(CN)c2cc(Br)cs2)C1. The minimum atomic E-state index is 0.337. The molecule has 1 aromatic rings. The van der Waals surface area contributed by atoms with Crippen molar-refractivity contribution in [3.8, 4) is 0 Å². The second kappa shape index (κ2) is 7.74. The lowest BCUT2D eigenvalue weighted by atomic mass is 10.0. The zero-order valence-electron chi connectivity index (χ0n) is 11.5. The van der Waals surface area contributed by atoms with E-state index in [1.165, 1.54) is 17.7 Å². The van der Waals surface area contributed by atoms with Crippen LogP contribution >= 0.6 is 27.3 Å². The third-order valence-electron chi connectivity index (χ3n) is 3.55. The fourth-order valence-corrected chi connectivity index (χ4v) is 4.21. The number of rotatable bonds is 6. The van der Waals surface area contributed by atoms with Crippen molar-refractivity contribution >= 4 is 27.3 Å². The minimum absolute atomic E-state index is 0.337. The molecular weight excluding hydrogens is 324 g/mol. The molecule has 3 nitrogen and oxygen atoms in total. The molecule has 2 rings (SSSR count). The Bertz CT molecular complexity index is 385. The van der Waals surface area contributed by atoms with Gasteiger partial charge in [-0.3, -0.25) is 4.90 Å². The van der Waals surface area contributed by atoms with E-state index in [0.29, 0.717) is 18.7 Å². The lowest BCUT2D eigenvalue weighted by Gasteiger charge is -2.37. The van der Waals surface area contributed by atoms with Crippen LogP contribution < -0.4 is 5.73 Å². The number of likely N-dealkylation sites (tertiary alicyclic amines) is 1. The van der Waals surface area contributed by atoms with Gasteiger partial charge in [-0.05, 0) is 47.8 Å². The Morgan fingerprint density at radius 1 is 1.63 bits per heavy atom. The first kappa shape index (κ1) is 15.4. The van der Waals surface area contributed by atoms with Crippen molar-refractivity contribution < 1.29 is 4.74 Å². The summed E-state index contributed by atoms with van der Waals surface area (Å²) in [4.78, 5) is 3.84. The number of nitrogens with two attached hydrogens (primary N) is 1. The molecular formula is C14H23BrN2OS. The van der Waals surface area contributed by atoms with Crippen molar-refractivity contribution in [2.45, 2.75) is 38.3 Å².